The van der Waals surface area contributed by atoms with E-state index in [4.69, 9.17) is 5.26 Å². The van der Waals surface area contributed by atoms with Gasteiger partial charge >= 0.3 is 6.03 Å². The molecule has 2 aromatic carbocycles. The lowest BCUT2D eigenvalue weighted by Crippen LogP contribution is -2.19. The van der Waals surface area contributed by atoms with Crippen molar-refractivity contribution in [2.75, 3.05) is 10.6 Å². The summed E-state index contributed by atoms with van der Waals surface area (Å²) < 4.78 is 0. The Morgan fingerprint density at radius 2 is 2.00 bits per heavy atom. The molecule has 3 N–H and O–H groups in total. The van der Waals surface area contributed by atoms with Crippen molar-refractivity contribution in [3.8, 4) is 11.8 Å². The predicted molar refractivity (Wildman–Crippen MR) is 76.6 cm³/mol. The molecule has 100 valence electrons. The molecule has 0 aromatic heterocycles. The number of amides is 2. The summed E-state index contributed by atoms with van der Waals surface area (Å²) in [6.07, 6.45) is 0. The molecule has 20 heavy (non-hydrogen) atoms. The molecule has 2 aromatic rings. The van der Waals surface area contributed by atoms with Gasteiger partial charge in [-0.05, 0) is 42.8 Å². The minimum absolute atomic E-state index is 0.00549. The van der Waals surface area contributed by atoms with E-state index in [0.29, 0.717) is 16.9 Å². The van der Waals surface area contributed by atoms with Crippen LogP contribution < -0.4 is 10.6 Å². The number of nitriles is 1. The number of nitrogens with zero attached hydrogens (tertiary/aromatic N) is 1. The van der Waals surface area contributed by atoms with Gasteiger partial charge < -0.3 is 15.7 Å². The third-order valence-corrected chi connectivity index (χ3v) is 2.65. The third-order valence-electron chi connectivity index (χ3n) is 2.65. The van der Waals surface area contributed by atoms with Gasteiger partial charge in [-0.25, -0.2) is 4.79 Å². The van der Waals surface area contributed by atoms with Gasteiger partial charge in [0.2, 0.25) is 0 Å². The van der Waals surface area contributed by atoms with Crippen LogP contribution in [0.2, 0.25) is 0 Å². The van der Waals surface area contributed by atoms with E-state index in [1.165, 1.54) is 0 Å². The number of urea groups is 1. The van der Waals surface area contributed by atoms with Crippen LogP contribution >= 0.6 is 0 Å². The van der Waals surface area contributed by atoms with Gasteiger partial charge in [-0.3, -0.25) is 0 Å². The normalized spacial score (nSPS) is 9.60. The molecule has 0 spiro atoms. The number of phenols is 1. The van der Waals surface area contributed by atoms with E-state index in [-0.39, 0.29) is 5.75 Å². The number of carbonyl (C=O) groups excluding carboxylic acids is 1. The number of hydrogen-bond donors (Lipinski definition) is 3. The molecule has 0 unspecified atom stereocenters. The molecular weight excluding hydrogens is 254 g/mol. The number of aryl methyl sites for hydroxylation is 1. The molecule has 0 heterocycles. The Morgan fingerprint density at radius 1 is 1.20 bits per heavy atom. The molecular formula is C15H13N3O2. The van der Waals surface area contributed by atoms with Gasteiger partial charge in [0, 0.05) is 5.69 Å². The number of rotatable bonds is 2. The van der Waals surface area contributed by atoms with Gasteiger partial charge in [-0.2, -0.15) is 5.26 Å². The van der Waals surface area contributed by atoms with Crippen LogP contribution in [0.5, 0.6) is 5.75 Å². The van der Waals surface area contributed by atoms with Crippen molar-refractivity contribution in [3.05, 3.63) is 53.6 Å². The fourth-order valence-corrected chi connectivity index (χ4v) is 1.70. The monoisotopic (exact) mass is 267 g/mol. The SMILES string of the molecule is Cc1ccc(NC(=O)Nc2cccc(C#N)c2)c(O)c1. The number of hydrogen-bond acceptors (Lipinski definition) is 3. The maximum atomic E-state index is 11.8. The second-order valence-corrected chi connectivity index (χ2v) is 4.29. The van der Waals surface area contributed by atoms with Crippen LogP contribution in [0.4, 0.5) is 16.2 Å². The molecule has 2 rings (SSSR count). The summed E-state index contributed by atoms with van der Waals surface area (Å²) >= 11 is 0. The standard InChI is InChI=1S/C15H13N3O2/c1-10-5-6-13(14(19)7-10)18-15(20)17-12-4-2-3-11(8-12)9-16/h2-8,19H,1H3,(H2,17,18,20). The van der Waals surface area contributed by atoms with Crippen molar-refractivity contribution in [3.63, 3.8) is 0 Å². The zero-order valence-electron chi connectivity index (χ0n) is 10.8. The van der Waals surface area contributed by atoms with Crippen LogP contribution in [0.15, 0.2) is 42.5 Å². The molecule has 0 aliphatic rings. The number of phenolic OH excluding ortho intramolecular Hbond substituents is 1. The summed E-state index contributed by atoms with van der Waals surface area (Å²) in [5, 5.41) is 23.6. The first kappa shape index (κ1) is 13.4. The highest BCUT2D eigenvalue weighted by atomic mass is 16.3. The first-order valence-corrected chi connectivity index (χ1v) is 5.96. The molecule has 0 saturated heterocycles. The van der Waals surface area contributed by atoms with Crippen molar-refractivity contribution in [2.24, 2.45) is 0 Å². The van der Waals surface area contributed by atoms with Crippen molar-refractivity contribution >= 4 is 17.4 Å². The second kappa shape index (κ2) is 5.76. The molecule has 0 aliphatic heterocycles. The summed E-state index contributed by atoms with van der Waals surface area (Å²) in [5.41, 5.74) is 2.19. The van der Waals surface area contributed by atoms with E-state index in [0.717, 1.165) is 5.56 Å². The first-order chi connectivity index (χ1) is 9.58. The molecule has 0 aliphatic carbocycles. The van der Waals surface area contributed by atoms with E-state index in [2.05, 4.69) is 10.6 Å². The van der Waals surface area contributed by atoms with Crippen LogP contribution in [-0.2, 0) is 0 Å². The zero-order chi connectivity index (χ0) is 14.5. The van der Waals surface area contributed by atoms with Crippen molar-refractivity contribution < 1.29 is 9.90 Å². The van der Waals surface area contributed by atoms with Crippen LogP contribution in [-0.4, -0.2) is 11.1 Å². The molecule has 5 heteroatoms. The molecule has 0 atom stereocenters. The second-order valence-electron chi connectivity index (χ2n) is 4.29. The quantitative estimate of drug-likeness (QED) is 0.730. The lowest BCUT2D eigenvalue weighted by atomic mass is 10.2. The molecule has 2 amide bonds. The van der Waals surface area contributed by atoms with Gasteiger partial charge in [0.1, 0.15) is 5.75 Å². The first-order valence-electron chi connectivity index (χ1n) is 5.96. The van der Waals surface area contributed by atoms with Crippen LogP contribution in [0, 0.1) is 18.3 Å². The van der Waals surface area contributed by atoms with Crippen molar-refractivity contribution in [1.29, 1.82) is 5.26 Å². The minimum atomic E-state index is -0.487. The van der Waals surface area contributed by atoms with Crippen LogP contribution in [0.25, 0.3) is 0 Å². The van der Waals surface area contributed by atoms with Crippen molar-refractivity contribution in [1.82, 2.24) is 0 Å². The van der Waals surface area contributed by atoms with Gasteiger partial charge in [0.25, 0.3) is 0 Å². The summed E-state index contributed by atoms with van der Waals surface area (Å²) in [6, 6.07) is 13.0. The van der Waals surface area contributed by atoms with E-state index in [1.54, 1.807) is 42.5 Å². The Balaban J connectivity index is 2.07. The maximum Gasteiger partial charge on any atom is 0.323 e. The summed E-state index contributed by atoms with van der Waals surface area (Å²) in [4.78, 5) is 11.8. The number of aromatic hydroxyl groups is 1. The lowest BCUT2D eigenvalue weighted by molar-refractivity contribution is 0.262. The summed E-state index contributed by atoms with van der Waals surface area (Å²) in [7, 11) is 0. The number of nitrogens with one attached hydrogen (secondary N) is 2. The summed E-state index contributed by atoms with van der Waals surface area (Å²) in [6.45, 7) is 1.84. The predicted octanol–water partition coefficient (Wildman–Crippen LogP) is 3.22. The van der Waals surface area contributed by atoms with E-state index in [9.17, 15) is 9.90 Å². The summed E-state index contributed by atoms with van der Waals surface area (Å²) in [5.74, 6) is 0.00549. The van der Waals surface area contributed by atoms with E-state index < -0.39 is 6.03 Å². The Morgan fingerprint density at radius 3 is 2.70 bits per heavy atom. The lowest BCUT2D eigenvalue weighted by Gasteiger charge is -2.09. The van der Waals surface area contributed by atoms with Gasteiger partial charge in [-0.1, -0.05) is 12.1 Å². The Labute approximate surface area is 116 Å². The highest BCUT2D eigenvalue weighted by molar-refractivity contribution is 6.00. The highest BCUT2D eigenvalue weighted by Gasteiger charge is 2.06. The number of benzene rings is 2. The highest BCUT2D eigenvalue weighted by Crippen LogP contribution is 2.24. The number of carbonyl (C=O) groups is 1. The van der Waals surface area contributed by atoms with Crippen LogP contribution in [0.3, 0.4) is 0 Å². The largest absolute Gasteiger partial charge is 0.506 e. The minimum Gasteiger partial charge on any atom is -0.506 e. The Bertz CT molecular complexity index is 690. The van der Waals surface area contributed by atoms with E-state index >= 15 is 0 Å². The van der Waals surface area contributed by atoms with E-state index in [1.807, 2.05) is 13.0 Å². The average Bonchev–Trinajstić information content (AvgIpc) is 2.42. The van der Waals surface area contributed by atoms with Crippen molar-refractivity contribution in [2.45, 2.75) is 6.92 Å². The van der Waals surface area contributed by atoms with Gasteiger partial charge in [-0.15, -0.1) is 0 Å². The number of anilines is 2. The Kier molecular flexibility index (Phi) is 3.87. The third kappa shape index (κ3) is 3.27. The molecule has 0 saturated carbocycles. The Hall–Kier alpha value is -3.00. The molecule has 0 radical (unpaired) electrons. The fourth-order valence-electron chi connectivity index (χ4n) is 1.70. The molecule has 0 bridgehead atoms. The van der Waals surface area contributed by atoms with Gasteiger partial charge in [0.05, 0.1) is 17.3 Å². The van der Waals surface area contributed by atoms with Gasteiger partial charge in [0.15, 0.2) is 0 Å². The van der Waals surface area contributed by atoms with Crippen LogP contribution in [0.1, 0.15) is 11.1 Å². The average molecular weight is 267 g/mol. The zero-order valence-corrected chi connectivity index (χ0v) is 10.8. The topological polar surface area (TPSA) is 85.2 Å². The molecule has 5 nitrogen and oxygen atoms in total. The smallest absolute Gasteiger partial charge is 0.323 e. The maximum absolute atomic E-state index is 11.8. The fraction of sp³-hybridized carbons (Fsp3) is 0.0667. The molecule has 0 fully saturated rings.